The van der Waals surface area contributed by atoms with Crippen LogP contribution in [0, 0.1) is 0 Å². The van der Waals surface area contributed by atoms with Gasteiger partial charge in [0.15, 0.2) is 0 Å². The van der Waals surface area contributed by atoms with Crippen LogP contribution in [0.2, 0.25) is 0 Å². The number of hydrogen-bond donors (Lipinski definition) is 2. The lowest BCUT2D eigenvalue weighted by atomic mass is 10.1. The van der Waals surface area contributed by atoms with Crippen LogP contribution in [-0.4, -0.2) is 51.1 Å². The van der Waals surface area contributed by atoms with Crippen molar-refractivity contribution in [1.29, 1.82) is 0 Å². The fourth-order valence-electron chi connectivity index (χ4n) is 3.59. The van der Waals surface area contributed by atoms with E-state index in [4.69, 9.17) is 0 Å². The number of carbonyl (C=O) groups excluding carboxylic acids is 1. The maximum Gasteiger partial charge on any atom is 0.268 e. The van der Waals surface area contributed by atoms with Crippen LogP contribution in [0.25, 0.3) is 17.6 Å². The molecule has 0 atom stereocenters. The van der Waals surface area contributed by atoms with Gasteiger partial charge in [-0.15, -0.1) is 0 Å². The fourth-order valence-corrected chi connectivity index (χ4v) is 3.59. The van der Waals surface area contributed by atoms with Gasteiger partial charge in [0.1, 0.15) is 40.7 Å². The predicted molar refractivity (Wildman–Crippen MR) is 136 cm³/mol. The number of amides is 1. The molecule has 1 aliphatic heterocycles. The van der Waals surface area contributed by atoms with Gasteiger partial charge in [-0.1, -0.05) is 38.3 Å². The van der Waals surface area contributed by atoms with Crippen LogP contribution in [0.4, 0.5) is 16.0 Å². The Bertz CT molecular complexity index is 1290. The van der Waals surface area contributed by atoms with Crippen molar-refractivity contribution in [3.63, 3.8) is 0 Å². The zero-order valence-corrected chi connectivity index (χ0v) is 20.0. The zero-order valence-electron chi connectivity index (χ0n) is 20.0. The molecule has 3 aromatic rings. The highest BCUT2D eigenvalue weighted by Gasteiger charge is 2.25. The van der Waals surface area contributed by atoms with Gasteiger partial charge in [0.2, 0.25) is 0 Å². The first kappa shape index (κ1) is 25.3. The van der Waals surface area contributed by atoms with Crippen LogP contribution in [0.1, 0.15) is 40.8 Å². The van der Waals surface area contributed by atoms with Crippen molar-refractivity contribution in [2.45, 2.75) is 19.8 Å². The van der Waals surface area contributed by atoms with E-state index in [0.717, 1.165) is 6.42 Å². The second kappa shape index (κ2) is 11.2. The topological polar surface area (TPSA) is 105 Å². The van der Waals surface area contributed by atoms with Crippen molar-refractivity contribution in [3.05, 3.63) is 82.8 Å². The third-order valence-corrected chi connectivity index (χ3v) is 5.26. The molecule has 10 heteroatoms. The minimum absolute atomic E-state index is 0.0660. The number of aromatic nitrogens is 4. The number of para-hydroxylation sites is 1. The first-order chi connectivity index (χ1) is 16.8. The average Bonchev–Trinajstić information content (AvgIpc) is 2.86. The van der Waals surface area contributed by atoms with Gasteiger partial charge in [0.25, 0.3) is 11.5 Å². The molecule has 0 fully saturated rings. The van der Waals surface area contributed by atoms with Gasteiger partial charge in [0, 0.05) is 20.5 Å². The molecule has 0 unspecified atom stereocenters. The van der Waals surface area contributed by atoms with E-state index in [9.17, 15) is 14.0 Å². The number of aryl methyl sites for hydroxylation is 1. The number of anilines is 2. The molecule has 1 aliphatic rings. The van der Waals surface area contributed by atoms with Gasteiger partial charge in [0.05, 0.1) is 18.1 Å². The van der Waals surface area contributed by atoms with Crippen LogP contribution >= 0.6 is 0 Å². The van der Waals surface area contributed by atoms with E-state index in [2.05, 4.69) is 38.7 Å². The number of nitrogens with one attached hydrogen (secondary N) is 2. The summed E-state index contributed by atoms with van der Waals surface area (Å²) in [6, 6.07) is 9.08. The largest absolute Gasteiger partial charge is 0.372 e. The number of hydrogen-bond acceptors (Lipinski definition) is 7. The molecule has 4 rings (SSSR count). The summed E-state index contributed by atoms with van der Waals surface area (Å²) in [4.78, 5) is 38.4. The summed E-state index contributed by atoms with van der Waals surface area (Å²) in [5.74, 6) is 0.874. The van der Waals surface area contributed by atoms with Crippen LogP contribution < -0.4 is 16.2 Å². The lowest BCUT2D eigenvalue weighted by Gasteiger charge is -2.26. The molecule has 182 valence electrons. The normalized spacial score (nSPS) is 12.1. The summed E-state index contributed by atoms with van der Waals surface area (Å²) in [6.07, 6.45) is 4.25. The molecule has 0 aliphatic carbocycles. The van der Waals surface area contributed by atoms with E-state index in [1.54, 1.807) is 31.1 Å². The minimum atomic E-state index is -0.796. The molecule has 0 radical (unpaired) electrons. The molecular weight excluding hydrogens is 449 g/mol. The summed E-state index contributed by atoms with van der Waals surface area (Å²) in [7, 11) is 3.45. The zero-order chi connectivity index (χ0) is 25.5. The molecule has 2 N–H and O–H groups in total. The Balaban J connectivity index is 0.000000211. The standard InChI is InChI=1S/C17H17FN2O.C8H11N5O/c1-4-9-15-19-14(5-2)16(12(3)18)17(21)20(15)13-10-7-6-8-11-13;1-9-6-5-7(11-3-10-6)12-4-13(2)8(5)14/h5-8,10-11H,2-4,9H2,1H3;3H,4H2,1-2H3,(H2,9,10,11,12). The second-order valence-corrected chi connectivity index (χ2v) is 7.66. The van der Waals surface area contributed by atoms with Crippen LogP contribution in [0.5, 0.6) is 0 Å². The van der Waals surface area contributed by atoms with E-state index in [1.807, 2.05) is 25.1 Å². The molecule has 1 amide bonds. The van der Waals surface area contributed by atoms with Crippen molar-refractivity contribution in [1.82, 2.24) is 24.4 Å². The van der Waals surface area contributed by atoms with Gasteiger partial charge in [-0.25, -0.2) is 19.3 Å². The summed E-state index contributed by atoms with van der Waals surface area (Å²) in [5, 5.41) is 5.90. The second-order valence-electron chi connectivity index (χ2n) is 7.66. The van der Waals surface area contributed by atoms with Gasteiger partial charge < -0.3 is 15.5 Å². The van der Waals surface area contributed by atoms with Crippen molar-refractivity contribution in [2.75, 3.05) is 31.4 Å². The summed E-state index contributed by atoms with van der Waals surface area (Å²) >= 11 is 0. The highest BCUT2D eigenvalue weighted by Crippen LogP contribution is 2.24. The highest BCUT2D eigenvalue weighted by molar-refractivity contribution is 6.04. The highest BCUT2D eigenvalue weighted by atomic mass is 19.1. The fraction of sp³-hybridized carbons (Fsp3) is 0.240. The van der Waals surface area contributed by atoms with Crippen molar-refractivity contribution in [3.8, 4) is 5.69 Å². The van der Waals surface area contributed by atoms with Gasteiger partial charge >= 0.3 is 0 Å². The smallest absolute Gasteiger partial charge is 0.268 e. The third-order valence-electron chi connectivity index (χ3n) is 5.26. The molecule has 0 bridgehead atoms. The predicted octanol–water partition coefficient (Wildman–Crippen LogP) is 3.74. The van der Waals surface area contributed by atoms with Gasteiger partial charge in [-0.2, -0.15) is 0 Å². The first-order valence-corrected chi connectivity index (χ1v) is 11.0. The number of fused-ring (bicyclic) bond motifs is 1. The van der Waals surface area contributed by atoms with Crippen LogP contribution in [-0.2, 0) is 6.42 Å². The molecule has 3 heterocycles. The van der Waals surface area contributed by atoms with E-state index < -0.39 is 11.4 Å². The number of halogens is 1. The summed E-state index contributed by atoms with van der Waals surface area (Å²) < 4.78 is 15.1. The number of carbonyl (C=O) groups is 1. The molecule has 0 saturated heterocycles. The Morgan fingerprint density at radius 2 is 1.97 bits per heavy atom. The van der Waals surface area contributed by atoms with Gasteiger partial charge in [-0.3, -0.25) is 14.2 Å². The first-order valence-electron chi connectivity index (χ1n) is 11.0. The number of nitrogens with zero attached hydrogens (tertiary/aromatic N) is 5. The lowest BCUT2D eigenvalue weighted by Crippen LogP contribution is -2.37. The van der Waals surface area contributed by atoms with E-state index in [1.165, 1.54) is 17.0 Å². The Labute approximate surface area is 203 Å². The number of benzene rings is 1. The SMILES string of the molecule is C=Cc1nc(CCC)n(-c2ccccc2)c(=O)c1C(=C)F.CNc1ncnc2c1C(=O)N(C)CN2. The molecule has 0 saturated carbocycles. The average molecular weight is 478 g/mol. The Morgan fingerprint density at radius 1 is 1.26 bits per heavy atom. The maximum atomic E-state index is 13.7. The maximum absolute atomic E-state index is 13.7. The van der Waals surface area contributed by atoms with E-state index >= 15 is 0 Å². The van der Waals surface area contributed by atoms with Crippen molar-refractivity contribution < 1.29 is 9.18 Å². The van der Waals surface area contributed by atoms with Crippen molar-refractivity contribution in [2.24, 2.45) is 0 Å². The van der Waals surface area contributed by atoms with Crippen molar-refractivity contribution >= 4 is 29.4 Å². The number of rotatable bonds is 6. The van der Waals surface area contributed by atoms with E-state index in [0.29, 0.717) is 41.8 Å². The molecule has 9 nitrogen and oxygen atoms in total. The lowest BCUT2D eigenvalue weighted by molar-refractivity contribution is 0.0796. The molecule has 0 spiro atoms. The Morgan fingerprint density at radius 3 is 2.57 bits per heavy atom. The molecular formula is C25H28FN7O2. The third kappa shape index (κ3) is 5.26. The Hall–Kier alpha value is -4.34. The van der Waals surface area contributed by atoms with Crippen LogP contribution in [0.3, 0.4) is 0 Å². The summed E-state index contributed by atoms with van der Waals surface area (Å²) in [6.45, 7) is 9.31. The molecule has 2 aromatic heterocycles. The van der Waals surface area contributed by atoms with Crippen LogP contribution in [0.15, 0.2) is 54.6 Å². The summed E-state index contributed by atoms with van der Waals surface area (Å²) in [5.41, 5.74) is 0.819. The quantitative estimate of drug-likeness (QED) is 0.557. The molecule has 1 aromatic carbocycles. The monoisotopic (exact) mass is 477 g/mol. The molecule has 35 heavy (non-hydrogen) atoms. The minimum Gasteiger partial charge on any atom is -0.372 e. The van der Waals surface area contributed by atoms with E-state index in [-0.39, 0.29) is 17.2 Å². The van der Waals surface area contributed by atoms with Gasteiger partial charge in [-0.05, 0) is 24.6 Å². The Kier molecular flexibility index (Phi) is 8.08.